The lowest BCUT2D eigenvalue weighted by molar-refractivity contribution is 0.0728. The first-order valence-corrected chi connectivity index (χ1v) is 8.13. The average Bonchev–Trinajstić information content (AvgIpc) is 3.19. The quantitative estimate of drug-likeness (QED) is 0.759. The van der Waals surface area contributed by atoms with Crippen LogP contribution in [0.15, 0.2) is 41.2 Å². The summed E-state index contributed by atoms with van der Waals surface area (Å²) in [4.78, 5) is 16.7. The fourth-order valence-corrected chi connectivity index (χ4v) is 3.44. The van der Waals surface area contributed by atoms with Gasteiger partial charge in [-0.1, -0.05) is 12.1 Å². The minimum atomic E-state index is -0.133. The lowest BCUT2D eigenvalue weighted by atomic mass is 10.3. The van der Waals surface area contributed by atoms with E-state index in [1.54, 1.807) is 27.6 Å². The number of amides is 1. The number of hydrogen-bond donors (Lipinski definition) is 2. The van der Waals surface area contributed by atoms with Crippen molar-refractivity contribution in [1.82, 2.24) is 15.1 Å². The second kappa shape index (κ2) is 6.11. The van der Waals surface area contributed by atoms with Crippen molar-refractivity contribution in [2.45, 2.75) is 13.1 Å². The first-order chi connectivity index (χ1) is 10.2. The van der Waals surface area contributed by atoms with Gasteiger partial charge in [0.1, 0.15) is 5.69 Å². The van der Waals surface area contributed by atoms with Gasteiger partial charge in [-0.25, -0.2) is 0 Å². The van der Waals surface area contributed by atoms with Crippen LogP contribution in [-0.2, 0) is 13.1 Å². The van der Waals surface area contributed by atoms with Gasteiger partial charge in [-0.2, -0.15) is 5.10 Å². The zero-order valence-corrected chi connectivity index (χ0v) is 12.8. The topological polar surface area (TPSA) is 75.0 Å². The predicted octanol–water partition coefficient (Wildman–Crippen LogP) is 2.96. The summed E-state index contributed by atoms with van der Waals surface area (Å²) in [5, 5.41) is 10.5. The van der Waals surface area contributed by atoms with Crippen molar-refractivity contribution in [3.8, 4) is 0 Å². The molecule has 5 nitrogen and oxygen atoms in total. The smallest absolute Gasteiger partial charge is 0.274 e. The normalized spacial score (nSPS) is 10.7. The van der Waals surface area contributed by atoms with Crippen molar-refractivity contribution >= 4 is 34.3 Å². The second-order valence-electron chi connectivity index (χ2n) is 4.52. The first kappa shape index (κ1) is 13.8. The number of aromatic nitrogens is 2. The average molecular weight is 318 g/mol. The summed E-state index contributed by atoms with van der Waals surface area (Å²) >= 11 is 3.27. The van der Waals surface area contributed by atoms with E-state index in [2.05, 4.69) is 10.2 Å². The molecule has 7 heteroatoms. The van der Waals surface area contributed by atoms with Gasteiger partial charge in [0.25, 0.3) is 5.91 Å². The van der Waals surface area contributed by atoms with E-state index in [-0.39, 0.29) is 5.91 Å². The molecule has 0 spiro atoms. The molecule has 0 saturated carbocycles. The fraction of sp³-hybridized carbons (Fsp3) is 0.143. The molecule has 3 N–H and O–H groups in total. The highest BCUT2D eigenvalue weighted by atomic mass is 32.1. The summed E-state index contributed by atoms with van der Waals surface area (Å²) in [5.41, 5.74) is 6.52. The number of nitrogen functional groups attached to an aromatic ring is 1. The minimum absolute atomic E-state index is 0.133. The van der Waals surface area contributed by atoms with E-state index in [9.17, 15) is 4.79 Å². The molecule has 0 saturated heterocycles. The fourth-order valence-electron chi connectivity index (χ4n) is 2.01. The van der Waals surface area contributed by atoms with Crippen molar-refractivity contribution in [3.05, 3.63) is 56.7 Å². The van der Waals surface area contributed by atoms with Gasteiger partial charge in [-0.05, 0) is 22.9 Å². The molecule has 21 heavy (non-hydrogen) atoms. The highest BCUT2D eigenvalue weighted by Crippen LogP contribution is 2.20. The maximum atomic E-state index is 12.7. The third-order valence-electron chi connectivity index (χ3n) is 3.02. The number of carbonyl (C=O) groups excluding carboxylic acids is 1. The van der Waals surface area contributed by atoms with Gasteiger partial charge in [0, 0.05) is 9.75 Å². The Labute approximate surface area is 130 Å². The number of nitrogens with two attached hydrogens (primary N) is 1. The highest BCUT2D eigenvalue weighted by molar-refractivity contribution is 7.10. The third kappa shape index (κ3) is 3.14. The number of carbonyl (C=O) groups is 1. The Hall–Kier alpha value is -2.12. The number of thiophene rings is 2. The summed E-state index contributed by atoms with van der Waals surface area (Å²) in [6, 6.07) is 8.02. The molecule has 0 aliphatic rings. The van der Waals surface area contributed by atoms with Crippen LogP contribution in [-0.4, -0.2) is 21.0 Å². The predicted molar refractivity (Wildman–Crippen MR) is 85.2 cm³/mol. The molecule has 0 atom stereocenters. The molecule has 1 amide bonds. The summed E-state index contributed by atoms with van der Waals surface area (Å²) in [6.07, 6.45) is 1.46. The summed E-state index contributed by atoms with van der Waals surface area (Å²) in [7, 11) is 0. The van der Waals surface area contributed by atoms with Gasteiger partial charge in [-0.3, -0.25) is 9.89 Å². The molecule has 0 aromatic carbocycles. The Bertz CT molecular complexity index is 667. The molecule has 108 valence electrons. The van der Waals surface area contributed by atoms with Crippen LogP contribution < -0.4 is 5.73 Å². The number of H-pyrrole nitrogens is 1. The van der Waals surface area contributed by atoms with Gasteiger partial charge >= 0.3 is 0 Å². The van der Waals surface area contributed by atoms with Crippen LogP contribution in [0.5, 0.6) is 0 Å². The van der Waals surface area contributed by atoms with Crippen LogP contribution in [0.1, 0.15) is 20.2 Å². The van der Waals surface area contributed by atoms with Crippen LogP contribution in [0.25, 0.3) is 0 Å². The minimum Gasteiger partial charge on any atom is -0.396 e. The molecule has 3 aromatic heterocycles. The molecule has 0 aliphatic heterocycles. The monoisotopic (exact) mass is 318 g/mol. The Balaban J connectivity index is 1.84. The van der Waals surface area contributed by atoms with Gasteiger partial charge in [0.15, 0.2) is 0 Å². The highest BCUT2D eigenvalue weighted by Gasteiger charge is 2.21. The Morgan fingerprint density at radius 1 is 1.19 bits per heavy atom. The van der Waals surface area contributed by atoms with E-state index >= 15 is 0 Å². The molecule has 0 unspecified atom stereocenters. The van der Waals surface area contributed by atoms with Gasteiger partial charge in [0.2, 0.25) is 0 Å². The van der Waals surface area contributed by atoms with Crippen molar-refractivity contribution in [2.24, 2.45) is 0 Å². The number of rotatable bonds is 5. The third-order valence-corrected chi connectivity index (χ3v) is 4.75. The second-order valence-corrected chi connectivity index (χ2v) is 6.58. The molecule has 0 aliphatic carbocycles. The first-order valence-electron chi connectivity index (χ1n) is 6.37. The van der Waals surface area contributed by atoms with Gasteiger partial charge in [0.05, 0.1) is 25.0 Å². The van der Waals surface area contributed by atoms with Crippen molar-refractivity contribution in [3.63, 3.8) is 0 Å². The maximum absolute atomic E-state index is 12.7. The number of aromatic amines is 1. The lowest BCUT2D eigenvalue weighted by Crippen LogP contribution is -2.30. The number of nitrogens with one attached hydrogen (secondary N) is 1. The zero-order valence-electron chi connectivity index (χ0n) is 11.2. The molecule has 0 radical (unpaired) electrons. The summed E-state index contributed by atoms with van der Waals surface area (Å²) in [6.45, 7) is 1.12. The number of hydrogen-bond acceptors (Lipinski definition) is 5. The maximum Gasteiger partial charge on any atom is 0.274 e. The van der Waals surface area contributed by atoms with Crippen molar-refractivity contribution in [1.29, 1.82) is 0 Å². The molecular weight excluding hydrogens is 304 g/mol. The van der Waals surface area contributed by atoms with Crippen LogP contribution in [0.4, 0.5) is 5.69 Å². The molecule has 3 aromatic rings. The zero-order chi connectivity index (χ0) is 14.7. The SMILES string of the molecule is Nc1cn[nH]c1C(=O)N(Cc1cccs1)Cc1cccs1. The van der Waals surface area contributed by atoms with Crippen LogP contribution >= 0.6 is 22.7 Å². The summed E-state index contributed by atoms with van der Waals surface area (Å²) < 4.78 is 0. The molecule has 0 bridgehead atoms. The van der Waals surface area contributed by atoms with Gasteiger partial charge in [-0.15, -0.1) is 22.7 Å². The molecule has 3 rings (SSSR count). The largest absolute Gasteiger partial charge is 0.396 e. The van der Waals surface area contributed by atoms with Crippen molar-refractivity contribution < 1.29 is 4.79 Å². The molecule has 0 fully saturated rings. The van der Waals surface area contributed by atoms with E-state index in [0.29, 0.717) is 24.5 Å². The van der Waals surface area contributed by atoms with E-state index < -0.39 is 0 Å². The van der Waals surface area contributed by atoms with Gasteiger partial charge < -0.3 is 10.6 Å². The molecular formula is C14H14N4OS2. The Kier molecular flexibility index (Phi) is 4.03. The van der Waals surface area contributed by atoms with Crippen molar-refractivity contribution in [2.75, 3.05) is 5.73 Å². The van der Waals surface area contributed by atoms with E-state index in [1.807, 2.05) is 35.0 Å². The van der Waals surface area contributed by atoms with Crippen LogP contribution in [0.2, 0.25) is 0 Å². The standard InChI is InChI=1S/C14H14N4OS2/c15-12-7-16-17-13(12)14(19)18(8-10-3-1-5-20-10)9-11-4-2-6-21-11/h1-7H,8-9,15H2,(H,16,17). The molecule has 3 heterocycles. The van der Waals surface area contributed by atoms with Crippen LogP contribution in [0, 0.1) is 0 Å². The lowest BCUT2D eigenvalue weighted by Gasteiger charge is -2.21. The Morgan fingerprint density at radius 2 is 1.81 bits per heavy atom. The van der Waals surface area contributed by atoms with E-state index in [4.69, 9.17) is 5.73 Å². The van der Waals surface area contributed by atoms with Crippen LogP contribution in [0.3, 0.4) is 0 Å². The van der Waals surface area contributed by atoms with E-state index in [0.717, 1.165) is 9.75 Å². The van der Waals surface area contributed by atoms with E-state index in [1.165, 1.54) is 6.20 Å². The summed E-state index contributed by atoms with van der Waals surface area (Å²) in [5.74, 6) is -0.133. The number of nitrogens with zero attached hydrogens (tertiary/aromatic N) is 2. The Morgan fingerprint density at radius 3 is 2.24 bits per heavy atom. The number of anilines is 1.